The van der Waals surface area contributed by atoms with Gasteiger partial charge in [-0.1, -0.05) is 23.7 Å². The molecule has 2 atom stereocenters. The minimum Gasteiger partial charge on any atom is -0.356 e. The van der Waals surface area contributed by atoms with Gasteiger partial charge in [-0.05, 0) is 30.5 Å². The monoisotopic (exact) mass is 308 g/mol. The predicted molar refractivity (Wildman–Crippen MR) is 77.9 cm³/mol. The van der Waals surface area contributed by atoms with Gasteiger partial charge in [-0.2, -0.15) is 0 Å². The van der Waals surface area contributed by atoms with Gasteiger partial charge in [0.1, 0.15) is 6.61 Å². The molecule has 2 aliphatic rings. The number of benzene rings is 1. The summed E-state index contributed by atoms with van der Waals surface area (Å²) in [7, 11) is 1.70. The van der Waals surface area contributed by atoms with Crippen molar-refractivity contribution in [2.75, 3.05) is 13.7 Å². The van der Waals surface area contributed by atoms with Crippen LogP contribution in [0.4, 0.5) is 0 Å². The summed E-state index contributed by atoms with van der Waals surface area (Å²) in [5.74, 6) is -0.290. The third-order valence-electron chi connectivity index (χ3n) is 3.88. The van der Waals surface area contributed by atoms with Crippen LogP contribution in [0.5, 0.6) is 0 Å². The quantitative estimate of drug-likeness (QED) is 0.921. The van der Waals surface area contributed by atoms with E-state index in [2.05, 4.69) is 5.32 Å². The normalized spacial score (nSPS) is 25.8. The van der Waals surface area contributed by atoms with Crippen LogP contribution in [0.25, 0.3) is 0 Å². The molecule has 1 aromatic carbocycles. The molecule has 1 N–H and O–H groups in total. The average Bonchev–Trinajstić information content (AvgIpc) is 3.27. The number of rotatable bonds is 3. The van der Waals surface area contributed by atoms with E-state index in [0.717, 1.165) is 18.4 Å². The fourth-order valence-electron chi connectivity index (χ4n) is 2.50. The number of nitrogens with one attached hydrogen (secondary N) is 1. The van der Waals surface area contributed by atoms with Gasteiger partial charge >= 0.3 is 0 Å². The molecule has 6 heteroatoms. The molecule has 1 aromatic rings. The summed E-state index contributed by atoms with van der Waals surface area (Å²) in [5.41, 5.74) is 0.839. The molecule has 5 nitrogen and oxygen atoms in total. The molecule has 0 aromatic heterocycles. The molecule has 21 heavy (non-hydrogen) atoms. The maximum Gasteiger partial charge on any atom is 0.251 e. The number of hydrogen-bond donors (Lipinski definition) is 1. The van der Waals surface area contributed by atoms with Crippen molar-refractivity contribution >= 4 is 23.4 Å². The van der Waals surface area contributed by atoms with Gasteiger partial charge in [0.2, 0.25) is 5.91 Å². The van der Waals surface area contributed by atoms with E-state index < -0.39 is 12.1 Å². The van der Waals surface area contributed by atoms with Crippen LogP contribution in [0.1, 0.15) is 24.4 Å². The van der Waals surface area contributed by atoms with Crippen molar-refractivity contribution in [1.29, 1.82) is 0 Å². The molecule has 1 heterocycles. The van der Waals surface area contributed by atoms with E-state index in [1.165, 1.54) is 0 Å². The Morgan fingerprint density at radius 3 is 2.62 bits per heavy atom. The number of morpholine rings is 1. The van der Waals surface area contributed by atoms with Crippen molar-refractivity contribution in [3.8, 4) is 0 Å². The molecule has 0 unspecified atom stereocenters. The van der Waals surface area contributed by atoms with Gasteiger partial charge in [0, 0.05) is 18.1 Å². The SMILES string of the molecule is CN1C(=O)CO[C@@H](C(=O)NC2CC2)[C@@H]1c1ccc(Cl)cc1. The van der Waals surface area contributed by atoms with Crippen LogP contribution >= 0.6 is 11.6 Å². The van der Waals surface area contributed by atoms with Crippen molar-refractivity contribution < 1.29 is 14.3 Å². The third-order valence-corrected chi connectivity index (χ3v) is 4.13. The Morgan fingerprint density at radius 1 is 1.33 bits per heavy atom. The van der Waals surface area contributed by atoms with Crippen LogP contribution in [0.3, 0.4) is 0 Å². The zero-order chi connectivity index (χ0) is 15.0. The molecule has 1 aliphatic heterocycles. The Kier molecular flexibility index (Phi) is 3.87. The van der Waals surface area contributed by atoms with E-state index in [9.17, 15) is 9.59 Å². The van der Waals surface area contributed by atoms with Gasteiger partial charge in [0.15, 0.2) is 6.10 Å². The van der Waals surface area contributed by atoms with Crippen LogP contribution in [0.2, 0.25) is 5.02 Å². The number of halogens is 1. The Hall–Kier alpha value is -1.59. The Balaban J connectivity index is 1.86. The minimum atomic E-state index is -0.686. The Morgan fingerprint density at radius 2 is 2.00 bits per heavy atom. The first-order valence-electron chi connectivity index (χ1n) is 6.99. The second-order valence-corrected chi connectivity index (χ2v) is 5.95. The van der Waals surface area contributed by atoms with Gasteiger partial charge in [-0.15, -0.1) is 0 Å². The van der Waals surface area contributed by atoms with Crippen molar-refractivity contribution in [1.82, 2.24) is 10.2 Å². The van der Waals surface area contributed by atoms with E-state index in [-0.39, 0.29) is 24.5 Å². The number of likely N-dealkylation sites (N-methyl/N-ethyl adjacent to an activating group) is 1. The molecule has 1 saturated carbocycles. The van der Waals surface area contributed by atoms with E-state index in [1.807, 2.05) is 12.1 Å². The number of carbonyl (C=O) groups excluding carboxylic acids is 2. The van der Waals surface area contributed by atoms with E-state index in [1.54, 1.807) is 24.1 Å². The number of carbonyl (C=O) groups is 2. The van der Waals surface area contributed by atoms with Gasteiger partial charge in [-0.3, -0.25) is 9.59 Å². The van der Waals surface area contributed by atoms with Crippen molar-refractivity contribution in [3.63, 3.8) is 0 Å². The number of amides is 2. The molecular formula is C15H17ClN2O3. The summed E-state index contributed by atoms with van der Waals surface area (Å²) in [6, 6.07) is 6.97. The van der Waals surface area contributed by atoms with Gasteiger partial charge < -0.3 is 15.0 Å². The van der Waals surface area contributed by atoms with Crippen LogP contribution in [-0.4, -0.2) is 42.5 Å². The first-order valence-corrected chi connectivity index (χ1v) is 7.37. The fraction of sp³-hybridized carbons (Fsp3) is 0.467. The molecule has 2 fully saturated rings. The highest BCUT2D eigenvalue weighted by atomic mass is 35.5. The Bertz CT molecular complexity index is 557. The number of hydrogen-bond acceptors (Lipinski definition) is 3. The summed E-state index contributed by atoms with van der Waals surface area (Å²) < 4.78 is 5.51. The first-order chi connectivity index (χ1) is 10.1. The lowest BCUT2D eigenvalue weighted by Crippen LogP contribution is -2.53. The molecule has 3 rings (SSSR count). The highest BCUT2D eigenvalue weighted by Gasteiger charge is 2.41. The molecule has 112 valence electrons. The van der Waals surface area contributed by atoms with E-state index in [0.29, 0.717) is 5.02 Å². The highest BCUT2D eigenvalue weighted by Crippen LogP contribution is 2.30. The summed E-state index contributed by atoms with van der Waals surface area (Å²) in [4.78, 5) is 25.8. The predicted octanol–water partition coefficient (Wildman–Crippen LogP) is 1.52. The lowest BCUT2D eigenvalue weighted by molar-refractivity contribution is -0.162. The fourth-order valence-corrected chi connectivity index (χ4v) is 2.63. The van der Waals surface area contributed by atoms with E-state index >= 15 is 0 Å². The van der Waals surface area contributed by atoms with Gasteiger partial charge in [0.05, 0.1) is 6.04 Å². The highest BCUT2D eigenvalue weighted by molar-refractivity contribution is 6.30. The van der Waals surface area contributed by atoms with Gasteiger partial charge in [-0.25, -0.2) is 0 Å². The minimum absolute atomic E-state index is 0.0661. The smallest absolute Gasteiger partial charge is 0.251 e. The molecular weight excluding hydrogens is 292 g/mol. The summed E-state index contributed by atoms with van der Waals surface area (Å²) in [5, 5.41) is 3.56. The third kappa shape index (κ3) is 3.04. The zero-order valence-electron chi connectivity index (χ0n) is 11.7. The lowest BCUT2D eigenvalue weighted by Gasteiger charge is -2.38. The standard InChI is InChI=1S/C15H17ClN2O3/c1-18-12(19)8-21-14(15(20)17-11-6-7-11)13(18)9-2-4-10(16)5-3-9/h2-5,11,13-14H,6-8H2,1H3,(H,17,20)/t13-,14+/m0/s1. The van der Waals surface area contributed by atoms with Crippen LogP contribution in [-0.2, 0) is 14.3 Å². The molecule has 0 bridgehead atoms. The average molecular weight is 309 g/mol. The molecule has 0 radical (unpaired) electrons. The second kappa shape index (κ2) is 5.66. The topological polar surface area (TPSA) is 58.6 Å². The second-order valence-electron chi connectivity index (χ2n) is 5.52. The zero-order valence-corrected chi connectivity index (χ0v) is 12.5. The van der Waals surface area contributed by atoms with Crippen LogP contribution in [0, 0.1) is 0 Å². The van der Waals surface area contributed by atoms with Crippen LogP contribution < -0.4 is 5.32 Å². The summed E-state index contributed by atoms with van der Waals surface area (Å²) in [6.07, 6.45) is 1.34. The molecule has 1 aliphatic carbocycles. The maximum atomic E-state index is 12.4. The first kappa shape index (κ1) is 14.4. The molecule has 1 saturated heterocycles. The maximum absolute atomic E-state index is 12.4. The number of ether oxygens (including phenoxy) is 1. The van der Waals surface area contributed by atoms with Gasteiger partial charge in [0.25, 0.3) is 5.91 Å². The lowest BCUT2D eigenvalue weighted by atomic mass is 9.97. The largest absolute Gasteiger partial charge is 0.356 e. The van der Waals surface area contributed by atoms with Crippen molar-refractivity contribution in [2.45, 2.75) is 31.0 Å². The molecule has 0 spiro atoms. The Labute approximate surface area is 128 Å². The van der Waals surface area contributed by atoms with Crippen molar-refractivity contribution in [2.24, 2.45) is 0 Å². The van der Waals surface area contributed by atoms with Crippen LogP contribution in [0.15, 0.2) is 24.3 Å². The number of nitrogens with zero attached hydrogens (tertiary/aromatic N) is 1. The van der Waals surface area contributed by atoms with Crippen molar-refractivity contribution in [3.05, 3.63) is 34.9 Å². The van der Waals surface area contributed by atoms with E-state index in [4.69, 9.17) is 16.3 Å². The summed E-state index contributed by atoms with van der Waals surface area (Å²) in [6.45, 7) is -0.0661. The summed E-state index contributed by atoms with van der Waals surface area (Å²) >= 11 is 5.90. The molecule has 2 amide bonds.